The van der Waals surface area contributed by atoms with Crippen LogP contribution in [0, 0.1) is 0 Å². The highest BCUT2D eigenvalue weighted by Crippen LogP contribution is 2.32. The summed E-state index contributed by atoms with van der Waals surface area (Å²) in [4.78, 5) is 16.5. The zero-order valence-corrected chi connectivity index (χ0v) is 13.6. The molecule has 118 valence electrons. The van der Waals surface area contributed by atoms with Gasteiger partial charge in [-0.2, -0.15) is 5.10 Å². The van der Waals surface area contributed by atoms with Crippen molar-refractivity contribution < 1.29 is 9.53 Å². The minimum absolute atomic E-state index is 0.258. The lowest BCUT2D eigenvalue weighted by atomic mass is 10.1. The molecule has 2 aromatic heterocycles. The van der Waals surface area contributed by atoms with E-state index in [1.807, 2.05) is 12.1 Å². The molecule has 6 nitrogen and oxygen atoms in total. The number of H-pyrrole nitrogens is 1. The van der Waals surface area contributed by atoms with Gasteiger partial charge in [0.2, 0.25) is 0 Å². The van der Waals surface area contributed by atoms with Gasteiger partial charge < -0.3 is 10.1 Å². The second kappa shape index (κ2) is 6.44. The SMILES string of the molecule is COc1c(Cl)cc(Cl)cc1C(=O)NCc1[nH]nc2ncccc12. The fraction of sp³-hybridized carbons (Fsp3) is 0.133. The number of hydrogen-bond donors (Lipinski definition) is 2. The smallest absolute Gasteiger partial charge is 0.255 e. The van der Waals surface area contributed by atoms with Crippen molar-refractivity contribution in [3.63, 3.8) is 0 Å². The number of amides is 1. The molecule has 0 saturated heterocycles. The first-order valence-corrected chi connectivity index (χ1v) is 7.45. The largest absolute Gasteiger partial charge is 0.494 e. The highest BCUT2D eigenvalue weighted by Gasteiger charge is 2.17. The predicted molar refractivity (Wildman–Crippen MR) is 88.1 cm³/mol. The molecule has 3 rings (SSSR count). The topological polar surface area (TPSA) is 79.9 Å². The third kappa shape index (κ3) is 3.09. The monoisotopic (exact) mass is 350 g/mol. The molecule has 0 aliphatic carbocycles. The van der Waals surface area contributed by atoms with Crippen LogP contribution in [0.2, 0.25) is 10.0 Å². The van der Waals surface area contributed by atoms with Crippen LogP contribution in [0.5, 0.6) is 5.75 Å². The molecule has 23 heavy (non-hydrogen) atoms. The number of rotatable bonds is 4. The first-order chi connectivity index (χ1) is 11.1. The number of ether oxygens (including phenoxy) is 1. The van der Waals surface area contributed by atoms with Gasteiger partial charge in [-0.25, -0.2) is 4.98 Å². The zero-order chi connectivity index (χ0) is 16.4. The lowest BCUT2D eigenvalue weighted by Crippen LogP contribution is -2.23. The summed E-state index contributed by atoms with van der Waals surface area (Å²) in [7, 11) is 1.44. The van der Waals surface area contributed by atoms with Crippen molar-refractivity contribution in [3.05, 3.63) is 51.8 Å². The lowest BCUT2D eigenvalue weighted by molar-refractivity contribution is 0.0947. The Bertz CT molecular complexity index is 879. The summed E-state index contributed by atoms with van der Waals surface area (Å²) in [5, 5.41) is 11.2. The molecule has 1 amide bonds. The number of hydrogen-bond acceptors (Lipinski definition) is 4. The quantitative estimate of drug-likeness (QED) is 0.757. The van der Waals surface area contributed by atoms with Gasteiger partial charge in [0.1, 0.15) is 5.75 Å². The van der Waals surface area contributed by atoms with Crippen molar-refractivity contribution in [3.8, 4) is 5.75 Å². The number of methoxy groups -OCH3 is 1. The number of benzene rings is 1. The third-order valence-electron chi connectivity index (χ3n) is 3.29. The maximum absolute atomic E-state index is 12.4. The van der Waals surface area contributed by atoms with E-state index in [0.29, 0.717) is 10.7 Å². The number of carbonyl (C=O) groups is 1. The van der Waals surface area contributed by atoms with E-state index in [-0.39, 0.29) is 28.8 Å². The van der Waals surface area contributed by atoms with Crippen LogP contribution in [0.4, 0.5) is 0 Å². The van der Waals surface area contributed by atoms with Crippen molar-refractivity contribution in [1.82, 2.24) is 20.5 Å². The highest BCUT2D eigenvalue weighted by molar-refractivity contribution is 6.36. The second-order valence-corrected chi connectivity index (χ2v) is 5.57. The molecule has 2 heterocycles. The van der Waals surface area contributed by atoms with E-state index in [0.717, 1.165) is 11.1 Å². The summed E-state index contributed by atoms with van der Waals surface area (Å²) >= 11 is 12.0. The average Bonchev–Trinajstić information content (AvgIpc) is 2.95. The van der Waals surface area contributed by atoms with Crippen molar-refractivity contribution in [1.29, 1.82) is 0 Å². The number of aromatic nitrogens is 3. The molecule has 0 saturated carbocycles. The van der Waals surface area contributed by atoms with Gasteiger partial charge in [-0.3, -0.25) is 9.89 Å². The maximum atomic E-state index is 12.4. The fourth-order valence-electron chi connectivity index (χ4n) is 2.24. The molecule has 0 radical (unpaired) electrons. The molecule has 0 unspecified atom stereocenters. The van der Waals surface area contributed by atoms with Gasteiger partial charge in [-0.05, 0) is 24.3 Å². The fourth-order valence-corrected chi connectivity index (χ4v) is 2.81. The van der Waals surface area contributed by atoms with E-state index >= 15 is 0 Å². The Labute approximate surface area is 141 Å². The van der Waals surface area contributed by atoms with Gasteiger partial charge in [0.15, 0.2) is 5.65 Å². The molecule has 0 aliphatic heterocycles. The molecule has 0 atom stereocenters. The molecule has 0 bridgehead atoms. The maximum Gasteiger partial charge on any atom is 0.255 e. The Morgan fingerprint density at radius 2 is 2.22 bits per heavy atom. The van der Waals surface area contributed by atoms with E-state index < -0.39 is 0 Å². The molecule has 3 aromatic rings. The Balaban J connectivity index is 1.83. The number of carbonyl (C=O) groups excluding carboxylic acids is 1. The van der Waals surface area contributed by atoms with Gasteiger partial charge in [0, 0.05) is 16.6 Å². The average molecular weight is 351 g/mol. The molecular weight excluding hydrogens is 339 g/mol. The Morgan fingerprint density at radius 1 is 1.39 bits per heavy atom. The molecule has 2 N–H and O–H groups in total. The first kappa shape index (κ1) is 15.6. The molecule has 0 fully saturated rings. The lowest BCUT2D eigenvalue weighted by Gasteiger charge is -2.11. The van der Waals surface area contributed by atoms with E-state index in [2.05, 4.69) is 20.5 Å². The summed E-state index contributed by atoms with van der Waals surface area (Å²) in [6.45, 7) is 0.258. The minimum Gasteiger partial charge on any atom is -0.494 e. The highest BCUT2D eigenvalue weighted by atomic mass is 35.5. The Morgan fingerprint density at radius 3 is 3.00 bits per heavy atom. The summed E-state index contributed by atoms with van der Waals surface area (Å²) in [6, 6.07) is 6.72. The summed E-state index contributed by atoms with van der Waals surface area (Å²) in [5.74, 6) is -0.0670. The van der Waals surface area contributed by atoms with Gasteiger partial charge in [-0.15, -0.1) is 0 Å². The normalized spacial score (nSPS) is 10.7. The number of pyridine rings is 1. The minimum atomic E-state index is -0.349. The van der Waals surface area contributed by atoms with Crippen molar-refractivity contribution in [2.45, 2.75) is 6.54 Å². The third-order valence-corrected chi connectivity index (χ3v) is 3.79. The number of halogens is 2. The standard InChI is InChI=1S/C15H12Cl2N4O2/c1-23-13-10(5-8(16)6-11(13)17)15(22)19-7-12-9-3-2-4-18-14(9)21-20-12/h2-6H,7H2,1H3,(H,19,22)(H,18,20,21). The number of aromatic amines is 1. The zero-order valence-electron chi connectivity index (χ0n) is 12.1. The van der Waals surface area contributed by atoms with Crippen LogP contribution in [0.15, 0.2) is 30.5 Å². The molecule has 1 aromatic carbocycles. The predicted octanol–water partition coefficient (Wildman–Crippen LogP) is 3.20. The Hall–Kier alpha value is -2.31. The van der Waals surface area contributed by atoms with Gasteiger partial charge in [-0.1, -0.05) is 23.2 Å². The van der Waals surface area contributed by atoms with Crippen LogP contribution in [-0.2, 0) is 6.54 Å². The van der Waals surface area contributed by atoms with Crippen LogP contribution >= 0.6 is 23.2 Å². The number of fused-ring (bicyclic) bond motifs is 1. The summed E-state index contributed by atoms with van der Waals surface area (Å²) < 4.78 is 5.18. The molecule has 8 heteroatoms. The van der Waals surface area contributed by atoms with Crippen molar-refractivity contribution in [2.24, 2.45) is 0 Å². The van der Waals surface area contributed by atoms with Crippen molar-refractivity contribution in [2.75, 3.05) is 7.11 Å². The first-order valence-electron chi connectivity index (χ1n) is 6.69. The number of nitrogens with one attached hydrogen (secondary N) is 2. The second-order valence-electron chi connectivity index (χ2n) is 4.73. The van der Waals surface area contributed by atoms with E-state index in [9.17, 15) is 4.79 Å². The van der Waals surface area contributed by atoms with E-state index in [1.165, 1.54) is 19.2 Å². The molecular formula is C15H12Cl2N4O2. The van der Waals surface area contributed by atoms with Crippen molar-refractivity contribution >= 4 is 40.1 Å². The summed E-state index contributed by atoms with van der Waals surface area (Å²) in [5.41, 5.74) is 1.63. The Kier molecular flexibility index (Phi) is 4.36. The summed E-state index contributed by atoms with van der Waals surface area (Å²) in [6.07, 6.45) is 1.66. The van der Waals surface area contributed by atoms with Crippen LogP contribution in [0.1, 0.15) is 16.1 Å². The molecule has 0 aliphatic rings. The van der Waals surface area contributed by atoms with Crippen LogP contribution in [0.25, 0.3) is 11.0 Å². The number of nitrogens with zero attached hydrogens (tertiary/aromatic N) is 2. The van der Waals surface area contributed by atoms with Gasteiger partial charge >= 0.3 is 0 Å². The van der Waals surface area contributed by atoms with Gasteiger partial charge in [0.25, 0.3) is 5.91 Å². The molecule has 0 spiro atoms. The van der Waals surface area contributed by atoms with Crippen LogP contribution in [-0.4, -0.2) is 28.2 Å². The van der Waals surface area contributed by atoms with E-state index in [4.69, 9.17) is 27.9 Å². The van der Waals surface area contributed by atoms with Gasteiger partial charge in [0.05, 0.1) is 29.9 Å². The van der Waals surface area contributed by atoms with Crippen LogP contribution < -0.4 is 10.1 Å². The van der Waals surface area contributed by atoms with Crippen LogP contribution in [0.3, 0.4) is 0 Å². The van der Waals surface area contributed by atoms with E-state index in [1.54, 1.807) is 6.20 Å².